The van der Waals surface area contributed by atoms with Gasteiger partial charge in [-0.2, -0.15) is 0 Å². The van der Waals surface area contributed by atoms with Crippen LogP contribution in [0, 0.1) is 5.82 Å². The first-order valence-corrected chi connectivity index (χ1v) is 10.3. The molecule has 0 saturated heterocycles. The fourth-order valence-corrected chi connectivity index (χ4v) is 4.14. The molecule has 3 aromatic carbocycles. The molecule has 5 rings (SSSR count). The number of aromatic nitrogens is 3. The molecule has 0 saturated carbocycles. The van der Waals surface area contributed by atoms with Gasteiger partial charge in [-0.05, 0) is 36.4 Å². The molecular weight excluding hydrogens is 415 g/mol. The third kappa shape index (κ3) is 3.97. The third-order valence-corrected chi connectivity index (χ3v) is 5.71. The Labute approximate surface area is 181 Å². The predicted molar refractivity (Wildman–Crippen MR) is 120 cm³/mol. The van der Waals surface area contributed by atoms with Gasteiger partial charge in [-0.25, -0.2) is 19.3 Å². The van der Waals surface area contributed by atoms with E-state index in [9.17, 15) is 4.39 Å². The van der Waals surface area contributed by atoms with E-state index in [1.165, 1.54) is 18.5 Å². The first kappa shape index (κ1) is 19.2. The highest BCUT2D eigenvalue weighted by Crippen LogP contribution is 2.35. The van der Waals surface area contributed by atoms with E-state index in [0.717, 1.165) is 20.6 Å². The van der Waals surface area contributed by atoms with E-state index in [0.29, 0.717) is 35.1 Å². The molecule has 5 aromatic rings. The fraction of sp³-hybridized carbons (Fsp3) is 0.0870. The largest absolute Gasteiger partial charge is 0.493 e. The predicted octanol–water partition coefficient (Wildman–Crippen LogP) is 5.71. The summed E-state index contributed by atoms with van der Waals surface area (Å²) >= 11 is 1.59. The molecule has 1 N–H and O–H groups in total. The molecule has 0 fully saturated rings. The first-order chi connectivity index (χ1) is 15.2. The average Bonchev–Trinajstić information content (AvgIpc) is 3.20. The van der Waals surface area contributed by atoms with Crippen molar-refractivity contribution in [3.63, 3.8) is 0 Å². The Morgan fingerprint density at radius 2 is 1.87 bits per heavy atom. The number of benzene rings is 3. The first-order valence-electron chi connectivity index (χ1n) is 9.52. The van der Waals surface area contributed by atoms with Crippen molar-refractivity contribution in [2.24, 2.45) is 0 Å². The molecule has 2 heterocycles. The van der Waals surface area contributed by atoms with Gasteiger partial charge >= 0.3 is 0 Å². The second-order valence-corrected chi connectivity index (χ2v) is 7.86. The fourth-order valence-electron chi connectivity index (χ4n) is 3.26. The van der Waals surface area contributed by atoms with E-state index in [4.69, 9.17) is 9.47 Å². The quantitative estimate of drug-likeness (QED) is 0.371. The van der Waals surface area contributed by atoms with Gasteiger partial charge in [0.15, 0.2) is 11.5 Å². The summed E-state index contributed by atoms with van der Waals surface area (Å²) < 4.78 is 26.2. The molecule has 0 radical (unpaired) electrons. The van der Waals surface area contributed by atoms with Crippen LogP contribution >= 0.6 is 11.3 Å². The highest BCUT2D eigenvalue weighted by Gasteiger charge is 2.13. The molecule has 6 nitrogen and oxygen atoms in total. The average molecular weight is 432 g/mol. The lowest BCUT2D eigenvalue weighted by atomic mass is 10.2. The van der Waals surface area contributed by atoms with E-state index < -0.39 is 0 Å². The zero-order valence-corrected chi connectivity index (χ0v) is 17.3. The number of nitrogens with one attached hydrogen (secondary N) is 1. The summed E-state index contributed by atoms with van der Waals surface area (Å²) in [5.74, 6) is 1.32. The van der Waals surface area contributed by atoms with Crippen LogP contribution in [0.25, 0.3) is 21.1 Å². The van der Waals surface area contributed by atoms with E-state index in [2.05, 4.69) is 20.3 Å². The Balaban J connectivity index is 1.48. The maximum atomic E-state index is 13.6. The van der Waals surface area contributed by atoms with Crippen LogP contribution in [0.4, 0.5) is 15.9 Å². The maximum absolute atomic E-state index is 13.6. The Morgan fingerprint density at radius 3 is 2.71 bits per heavy atom. The number of hydrogen-bond donors (Lipinski definition) is 1. The summed E-state index contributed by atoms with van der Waals surface area (Å²) in [6, 6.07) is 17.8. The second kappa shape index (κ2) is 8.16. The summed E-state index contributed by atoms with van der Waals surface area (Å²) in [4.78, 5) is 13.3. The van der Waals surface area contributed by atoms with E-state index in [-0.39, 0.29) is 5.82 Å². The van der Waals surface area contributed by atoms with Gasteiger partial charge in [0.25, 0.3) is 0 Å². The molecular formula is C23H17FN4O2S. The van der Waals surface area contributed by atoms with Crippen LogP contribution < -0.4 is 14.8 Å². The van der Waals surface area contributed by atoms with Gasteiger partial charge < -0.3 is 14.8 Å². The number of fused-ring (bicyclic) bond motifs is 2. The molecule has 0 amide bonds. The van der Waals surface area contributed by atoms with Gasteiger partial charge in [0.05, 0.1) is 22.8 Å². The van der Waals surface area contributed by atoms with Gasteiger partial charge in [0, 0.05) is 17.1 Å². The number of rotatable bonds is 6. The highest BCUT2D eigenvalue weighted by molar-refractivity contribution is 7.18. The Morgan fingerprint density at radius 1 is 0.968 bits per heavy atom. The number of nitrogens with zero attached hydrogens (tertiary/aromatic N) is 3. The van der Waals surface area contributed by atoms with Crippen molar-refractivity contribution >= 4 is 44.0 Å². The van der Waals surface area contributed by atoms with Gasteiger partial charge in [0.1, 0.15) is 29.6 Å². The third-order valence-electron chi connectivity index (χ3n) is 4.70. The summed E-state index contributed by atoms with van der Waals surface area (Å²) in [5.41, 5.74) is 2.22. The van der Waals surface area contributed by atoms with Crippen LogP contribution in [-0.2, 0) is 6.61 Å². The minimum atomic E-state index is -0.329. The maximum Gasteiger partial charge on any atom is 0.162 e. The van der Waals surface area contributed by atoms with Crippen LogP contribution in [0.15, 0.2) is 67.0 Å². The Bertz CT molecular complexity index is 1360. The monoisotopic (exact) mass is 432 g/mol. The molecule has 0 unspecified atom stereocenters. The molecule has 31 heavy (non-hydrogen) atoms. The molecule has 2 aromatic heterocycles. The lowest BCUT2D eigenvalue weighted by Gasteiger charge is -2.13. The van der Waals surface area contributed by atoms with Crippen molar-refractivity contribution in [3.05, 3.63) is 77.8 Å². The molecule has 0 aliphatic heterocycles. The molecule has 0 aliphatic rings. The van der Waals surface area contributed by atoms with Crippen molar-refractivity contribution in [1.29, 1.82) is 0 Å². The topological polar surface area (TPSA) is 69.2 Å². The molecule has 0 atom stereocenters. The number of anilines is 2. The van der Waals surface area contributed by atoms with Crippen LogP contribution in [0.5, 0.6) is 11.5 Å². The normalized spacial score (nSPS) is 11.0. The van der Waals surface area contributed by atoms with Crippen LogP contribution in [0.2, 0.25) is 0 Å². The number of hydrogen-bond acceptors (Lipinski definition) is 7. The smallest absolute Gasteiger partial charge is 0.162 e. The van der Waals surface area contributed by atoms with Crippen molar-refractivity contribution < 1.29 is 13.9 Å². The van der Waals surface area contributed by atoms with Crippen molar-refractivity contribution in [1.82, 2.24) is 15.0 Å². The molecule has 0 aliphatic carbocycles. The number of para-hydroxylation sites is 1. The summed E-state index contributed by atoms with van der Waals surface area (Å²) in [7, 11) is 1.58. The minimum Gasteiger partial charge on any atom is -0.493 e. The molecule has 0 bridgehead atoms. The van der Waals surface area contributed by atoms with Crippen molar-refractivity contribution in [3.8, 4) is 11.5 Å². The van der Waals surface area contributed by atoms with Crippen LogP contribution in [0.3, 0.4) is 0 Å². The lowest BCUT2D eigenvalue weighted by Crippen LogP contribution is -2.00. The van der Waals surface area contributed by atoms with Crippen molar-refractivity contribution in [2.45, 2.75) is 6.61 Å². The lowest BCUT2D eigenvalue weighted by molar-refractivity contribution is 0.285. The van der Waals surface area contributed by atoms with Crippen LogP contribution in [-0.4, -0.2) is 22.1 Å². The van der Waals surface area contributed by atoms with E-state index in [1.54, 1.807) is 36.6 Å². The number of halogens is 1. The number of ether oxygens (including phenoxy) is 2. The minimum absolute atomic E-state index is 0.307. The number of thiazole rings is 1. The Kier molecular flexibility index (Phi) is 5.05. The molecule has 154 valence electrons. The van der Waals surface area contributed by atoms with Crippen molar-refractivity contribution in [2.75, 3.05) is 12.4 Å². The second-order valence-electron chi connectivity index (χ2n) is 6.74. The summed E-state index contributed by atoms with van der Waals surface area (Å²) in [6.07, 6.45) is 1.45. The highest BCUT2D eigenvalue weighted by atomic mass is 32.1. The molecule has 8 heteroatoms. The summed E-state index contributed by atoms with van der Waals surface area (Å²) in [6.45, 7) is 0.307. The van der Waals surface area contributed by atoms with E-state index in [1.807, 2.05) is 30.3 Å². The standard InChI is InChI=1S/C23H17FN4O2S/c1-29-19-11-18-16(23(26-13-25-18)27-15-6-4-5-14(24)9-15)10-20(19)30-12-22-28-17-7-2-3-8-21(17)31-22/h2-11,13H,12H2,1H3,(H,25,26,27). The van der Waals surface area contributed by atoms with Gasteiger partial charge in [0.2, 0.25) is 0 Å². The zero-order chi connectivity index (χ0) is 21.2. The summed E-state index contributed by atoms with van der Waals surface area (Å²) in [5, 5.41) is 4.74. The van der Waals surface area contributed by atoms with Gasteiger partial charge in [-0.3, -0.25) is 0 Å². The zero-order valence-electron chi connectivity index (χ0n) is 16.5. The molecule has 0 spiro atoms. The van der Waals surface area contributed by atoms with E-state index >= 15 is 0 Å². The Hall–Kier alpha value is -3.78. The SMILES string of the molecule is COc1cc2ncnc(Nc3cccc(F)c3)c2cc1OCc1nc2ccccc2s1. The van der Waals surface area contributed by atoms with Gasteiger partial charge in [-0.1, -0.05) is 18.2 Å². The number of methoxy groups -OCH3 is 1. The van der Waals surface area contributed by atoms with Gasteiger partial charge in [-0.15, -0.1) is 11.3 Å². The van der Waals surface area contributed by atoms with Crippen LogP contribution in [0.1, 0.15) is 5.01 Å².